The van der Waals surface area contributed by atoms with Gasteiger partial charge in [0.15, 0.2) is 0 Å². The minimum atomic E-state index is 0.251. The van der Waals surface area contributed by atoms with Gasteiger partial charge in [0.1, 0.15) is 0 Å². The molecule has 0 N–H and O–H groups in total. The SMILES string of the molecule is CN(C)C(=O)CCCCCC(C)(C)C. The lowest BCUT2D eigenvalue weighted by molar-refractivity contribution is -0.128. The number of nitrogens with zero attached hydrogens (tertiary/aromatic N) is 1. The molecular weight excluding hydrogens is 174 g/mol. The smallest absolute Gasteiger partial charge is 0.222 e. The van der Waals surface area contributed by atoms with E-state index in [-0.39, 0.29) is 5.91 Å². The van der Waals surface area contributed by atoms with Crippen LogP contribution >= 0.6 is 0 Å². The van der Waals surface area contributed by atoms with Crippen LogP contribution in [0.15, 0.2) is 0 Å². The summed E-state index contributed by atoms with van der Waals surface area (Å²) in [5.41, 5.74) is 0.436. The Morgan fingerprint density at radius 1 is 1.07 bits per heavy atom. The van der Waals surface area contributed by atoms with E-state index in [1.807, 2.05) is 14.1 Å². The molecule has 0 aliphatic rings. The van der Waals surface area contributed by atoms with Crippen LogP contribution in [0.3, 0.4) is 0 Å². The van der Waals surface area contributed by atoms with Gasteiger partial charge in [-0.2, -0.15) is 0 Å². The lowest BCUT2D eigenvalue weighted by Crippen LogP contribution is -2.21. The van der Waals surface area contributed by atoms with Crippen molar-refractivity contribution in [2.24, 2.45) is 5.41 Å². The zero-order valence-electron chi connectivity index (χ0n) is 10.4. The highest BCUT2D eigenvalue weighted by Gasteiger charge is 2.09. The monoisotopic (exact) mass is 199 g/mol. The maximum Gasteiger partial charge on any atom is 0.222 e. The Balaban J connectivity index is 3.35. The first-order chi connectivity index (χ1) is 6.33. The highest BCUT2D eigenvalue weighted by atomic mass is 16.2. The molecule has 0 aromatic carbocycles. The maximum absolute atomic E-state index is 11.2. The molecule has 1 amide bonds. The Labute approximate surface area is 88.7 Å². The number of carbonyl (C=O) groups is 1. The molecule has 0 bridgehead atoms. The predicted molar refractivity (Wildman–Crippen MR) is 61.2 cm³/mol. The summed E-state index contributed by atoms with van der Waals surface area (Å²) in [6.45, 7) is 6.79. The molecule has 0 atom stereocenters. The molecule has 2 heteroatoms. The molecule has 0 heterocycles. The predicted octanol–water partition coefficient (Wildman–Crippen LogP) is 3.07. The third-order valence-corrected chi connectivity index (χ3v) is 2.32. The van der Waals surface area contributed by atoms with Crippen LogP contribution in [0, 0.1) is 5.41 Å². The minimum Gasteiger partial charge on any atom is -0.349 e. The number of rotatable bonds is 5. The zero-order chi connectivity index (χ0) is 11.2. The Kier molecular flexibility index (Phi) is 5.82. The van der Waals surface area contributed by atoms with E-state index in [2.05, 4.69) is 20.8 Å². The van der Waals surface area contributed by atoms with Crippen molar-refractivity contribution in [2.45, 2.75) is 52.9 Å². The molecule has 0 saturated heterocycles. The fraction of sp³-hybridized carbons (Fsp3) is 0.917. The van der Waals surface area contributed by atoms with Crippen LogP contribution in [-0.2, 0) is 4.79 Å². The summed E-state index contributed by atoms with van der Waals surface area (Å²) < 4.78 is 0. The molecule has 0 unspecified atom stereocenters. The first-order valence-corrected chi connectivity index (χ1v) is 5.53. The molecule has 0 fully saturated rings. The number of amides is 1. The van der Waals surface area contributed by atoms with Gasteiger partial charge in [0.25, 0.3) is 0 Å². The normalized spacial score (nSPS) is 11.5. The molecule has 0 saturated carbocycles. The molecule has 0 aromatic rings. The van der Waals surface area contributed by atoms with Crippen molar-refractivity contribution in [2.75, 3.05) is 14.1 Å². The zero-order valence-corrected chi connectivity index (χ0v) is 10.4. The van der Waals surface area contributed by atoms with Crippen LogP contribution in [0.5, 0.6) is 0 Å². The van der Waals surface area contributed by atoms with Gasteiger partial charge in [-0.1, -0.05) is 33.6 Å². The lowest BCUT2D eigenvalue weighted by Gasteiger charge is -2.17. The van der Waals surface area contributed by atoms with Crippen molar-refractivity contribution in [3.8, 4) is 0 Å². The summed E-state index contributed by atoms with van der Waals surface area (Å²) in [6.07, 6.45) is 5.41. The summed E-state index contributed by atoms with van der Waals surface area (Å²) in [5.74, 6) is 0.251. The molecule has 0 radical (unpaired) electrons. The highest BCUT2D eigenvalue weighted by molar-refractivity contribution is 5.75. The van der Waals surface area contributed by atoms with E-state index < -0.39 is 0 Å². The lowest BCUT2D eigenvalue weighted by atomic mass is 9.89. The van der Waals surface area contributed by atoms with E-state index in [0.29, 0.717) is 11.8 Å². The molecule has 0 rings (SSSR count). The number of hydrogen-bond donors (Lipinski definition) is 0. The summed E-state index contributed by atoms with van der Waals surface area (Å²) in [4.78, 5) is 12.9. The molecule has 14 heavy (non-hydrogen) atoms. The average Bonchev–Trinajstić information content (AvgIpc) is 2.01. The molecule has 0 aliphatic carbocycles. The second-order valence-electron chi connectivity index (χ2n) is 5.41. The van der Waals surface area contributed by atoms with E-state index in [9.17, 15) is 4.79 Å². The molecule has 0 spiro atoms. The standard InChI is InChI=1S/C12H25NO/c1-12(2,3)10-8-6-7-9-11(14)13(4)5/h6-10H2,1-5H3. The van der Waals surface area contributed by atoms with Crippen LogP contribution in [0.1, 0.15) is 52.9 Å². The summed E-state index contributed by atoms with van der Waals surface area (Å²) in [7, 11) is 3.63. The third kappa shape index (κ3) is 8.09. The van der Waals surface area contributed by atoms with Gasteiger partial charge in [0, 0.05) is 20.5 Å². The fourth-order valence-electron chi connectivity index (χ4n) is 1.33. The van der Waals surface area contributed by atoms with Crippen molar-refractivity contribution in [1.82, 2.24) is 4.90 Å². The Morgan fingerprint density at radius 3 is 2.07 bits per heavy atom. The second kappa shape index (κ2) is 6.05. The quantitative estimate of drug-likeness (QED) is 0.623. The number of unbranched alkanes of at least 4 members (excludes halogenated alkanes) is 2. The summed E-state index contributed by atoms with van der Waals surface area (Å²) in [5, 5.41) is 0. The Hall–Kier alpha value is -0.530. The van der Waals surface area contributed by atoms with Gasteiger partial charge in [-0.05, 0) is 18.3 Å². The first kappa shape index (κ1) is 13.5. The highest BCUT2D eigenvalue weighted by Crippen LogP contribution is 2.22. The van der Waals surface area contributed by atoms with Crippen molar-refractivity contribution >= 4 is 5.91 Å². The molecule has 84 valence electrons. The molecule has 0 aliphatic heterocycles. The summed E-state index contributed by atoms with van der Waals surface area (Å²) >= 11 is 0. The van der Waals surface area contributed by atoms with Gasteiger partial charge in [0.05, 0.1) is 0 Å². The van der Waals surface area contributed by atoms with E-state index in [0.717, 1.165) is 6.42 Å². The van der Waals surface area contributed by atoms with Crippen molar-refractivity contribution < 1.29 is 4.79 Å². The van der Waals surface area contributed by atoms with Crippen molar-refractivity contribution in [3.63, 3.8) is 0 Å². The molecule has 2 nitrogen and oxygen atoms in total. The second-order valence-corrected chi connectivity index (χ2v) is 5.41. The van der Waals surface area contributed by atoms with Gasteiger partial charge in [0.2, 0.25) is 5.91 Å². The van der Waals surface area contributed by atoms with E-state index in [1.54, 1.807) is 4.90 Å². The summed E-state index contributed by atoms with van der Waals surface area (Å²) in [6, 6.07) is 0. The van der Waals surface area contributed by atoms with Crippen LogP contribution in [0.2, 0.25) is 0 Å². The maximum atomic E-state index is 11.2. The van der Waals surface area contributed by atoms with E-state index in [4.69, 9.17) is 0 Å². The van der Waals surface area contributed by atoms with E-state index in [1.165, 1.54) is 19.3 Å². The van der Waals surface area contributed by atoms with Gasteiger partial charge in [-0.3, -0.25) is 4.79 Å². The average molecular weight is 199 g/mol. The largest absolute Gasteiger partial charge is 0.349 e. The topological polar surface area (TPSA) is 20.3 Å². The molecular formula is C12H25NO. The fourth-order valence-corrected chi connectivity index (χ4v) is 1.33. The number of carbonyl (C=O) groups excluding carboxylic acids is 1. The number of hydrogen-bond acceptors (Lipinski definition) is 1. The van der Waals surface area contributed by atoms with Crippen molar-refractivity contribution in [1.29, 1.82) is 0 Å². The van der Waals surface area contributed by atoms with Gasteiger partial charge in [-0.25, -0.2) is 0 Å². The van der Waals surface area contributed by atoms with Crippen LogP contribution < -0.4 is 0 Å². The van der Waals surface area contributed by atoms with Crippen LogP contribution in [0.25, 0.3) is 0 Å². The molecule has 0 aromatic heterocycles. The van der Waals surface area contributed by atoms with Crippen LogP contribution in [-0.4, -0.2) is 24.9 Å². The Bertz CT molecular complexity index is 168. The minimum absolute atomic E-state index is 0.251. The van der Waals surface area contributed by atoms with Crippen molar-refractivity contribution in [3.05, 3.63) is 0 Å². The van der Waals surface area contributed by atoms with Gasteiger partial charge < -0.3 is 4.90 Å². The van der Waals surface area contributed by atoms with E-state index >= 15 is 0 Å². The van der Waals surface area contributed by atoms with Gasteiger partial charge in [-0.15, -0.1) is 0 Å². The Morgan fingerprint density at radius 2 is 1.64 bits per heavy atom. The first-order valence-electron chi connectivity index (χ1n) is 5.53. The van der Waals surface area contributed by atoms with Crippen LogP contribution in [0.4, 0.5) is 0 Å². The third-order valence-electron chi connectivity index (χ3n) is 2.32. The van der Waals surface area contributed by atoms with Gasteiger partial charge >= 0.3 is 0 Å².